The van der Waals surface area contributed by atoms with E-state index in [4.69, 9.17) is 30.7 Å². The second-order valence-corrected chi connectivity index (χ2v) is 6.86. The van der Waals surface area contributed by atoms with Gasteiger partial charge in [0, 0.05) is 18.7 Å². The Morgan fingerprint density at radius 2 is 1.53 bits per heavy atom. The second-order valence-electron chi connectivity index (χ2n) is 2.85. The van der Waals surface area contributed by atoms with Gasteiger partial charge in [-0.2, -0.15) is 0 Å². The molecule has 0 amide bonds. The summed E-state index contributed by atoms with van der Waals surface area (Å²) in [5.41, 5.74) is 4.34. The molecule has 0 saturated heterocycles. The van der Waals surface area contributed by atoms with Gasteiger partial charge in [0.15, 0.2) is 0 Å². The molecule has 0 aliphatic heterocycles. The van der Waals surface area contributed by atoms with Crippen LogP contribution in [0.3, 0.4) is 0 Å². The molecule has 9 nitrogen and oxygen atoms in total. The van der Waals surface area contributed by atoms with Crippen molar-refractivity contribution >= 4 is 20.9 Å². The standard InChI is InChI=1S/C4H12N2O7P2/c5-2-3(6)1-4(7,14(8,9)10)15(11,12)13/h6-7H,1-2,5H2,(H2,8,9,10)(H2,11,12,13). The third-order valence-corrected chi connectivity index (χ3v) is 5.38. The lowest BCUT2D eigenvalue weighted by Crippen LogP contribution is -2.33. The highest BCUT2D eigenvalue weighted by atomic mass is 31.2. The topological polar surface area (TPSA) is 185 Å². The van der Waals surface area contributed by atoms with Crippen molar-refractivity contribution in [2.45, 2.75) is 11.5 Å². The normalized spacial score (nSPS) is 14.0. The van der Waals surface area contributed by atoms with E-state index in [-0.39, 0.29) is 0 Å². The maximum Gasteiger partial charge on any atom is 0.369 e. The van der Waals surface area contributed by atoms with E-state index >= 15 is 0 Å². The van der Waals surface area contributed by atoms with Crippen molar-refractivity contribution in [1.82, 2.24) is 0 Å². The van der Waals surface area contributed by atoms with Crippen LogP contribution in [-0.2, 0) is 9.13 Å². The predicted molar refractivity (Wildman–Crippen MR) is 50.4 cm³/mol. The summed E-state index contributed by atoms with van der Waals surface area (Å²) >= 11 is 0. The number of aliphatic hydroxyl groups is 1. The first-order chi connectivity index (χ1) is 6.45. The molecule has 15 heavy (non-hydrogen) atoms. The predicted octanol–water partition coefficient (Wildman–Crippen LogP) is -1.64. The largest absolute Gasteiger partial charge is 0.369 e. The molecule has 0 bridgehead atoms. The minimum Gasteiger partial charge on any atom is -0.367 e. The van der Waals surface area contributed by atoms with Gasteiger partial charge in [-0.05, 0) is 0 Å². The summed E-state index contributed by atoms with van der Waals surface area (Å²) in [6, 6.07) is 0. The monoisotopic (exact) mass is 262 g/mol. The quantitative estimate of drug-likeness (QED) is 0.227. The average molecular weight is 262 g/mol. The van der Waals surface area contributed by atoms with Crippen molar-refractivity contribution in [1.29, 1.82) is 5.41 Å². The fraction of sp³-hybridized carbons (Fsp3) is 0.750. The molecule has 0 spiro atoms. The van der Waals surface area contributed by atoms with Gasteiger partial charge >= 0.3 is 15.2 Å². The van der Waals surface area contributed by atoms with Crippen molar-refractivity contribution in [2.75, 3.05) is 6.54 Å². The summed E-state index contributed by atoms with van der Waals surface area (Å²) in [6.45, 7) is -0.470. The van der Waals surface area contributed by atoms with Gasteiger partial charge in [-0.3, -0.25) is 9.13 Å². The van der Waals surface area contributed by atoms with Crippen molar-refractivity contribution in [3.8, 4) is 0 Å². The fourth-order valence-corrected chi connectivity index (χ4v) is 2.89. The van der Waals surface area contributed by atoms with Crippen LogP contribution in [0.5, 0.6) is 0 Å². The van der Waals surface area contributed by atoms with Gasteiger partial charge in [-0.15, -0.1) is 0 Å². The smallest absolute Gasteiger partial charge is 0.367 e. The molecule has 11 heteroatoms. The Bertz CT molecular complexity index is 321. The van der Waals surface area contributed by atoms with Crippen LogP contribution in [0.1, 0.15) is 6.42 Å². The molecule has 0 aromatic rings. The highest BCUT2D eigenvalue weighted by molar-refractivity contribution is 7.72. The molecule has 0 aromatic carbocycles. The Morgan fingerprint density at radius 3 is 1.73 bits per heavy atom. The van der Waals surface area contributed by atoms with E-state index in [1.165, 1.54) is 0 Å². The zero-order valence-corrected chi connectivity index (χ0v) is 9.23. The number of nitrogens with two attached hydrogens (primary N) is 1. The SMILES string of the molecule is N=C(CN)CC(O)(P(=O)(O)O)P(=O)(O)O. The van der Waals surface area contributed by atoms with Gasteiger partial charge in [0.05, 0.1) is 0 Å². The molecule has 0 aliphatic rings. The molecule has 0 fully saturated rings. The summed E-state index contributed by atoms with van der Waals surface area (Å²) in [5.74, 6) is 0. The van der Waals surface area contributed by atoms with Crippen molar-refractivity contribution in [2.24, 2.45) is 5.73 Å². The molecule has 0 rings (SSSR count). The molecule has 8 N–H and O–H groups in total. The first-order valence-electron chi connectivity index (χ1n) is 3.55. The molecular weight excluding hydrogens is 250 g/mol. The van der Waals surface area contributed by atoms with Gasteiger partial charge < -0.3 is 35.8 Å². The molecular formula is C4H12N2O7P2. The van der Waals surface area contributed by atoms with E-state index in [2.05, 4.69) is 0 Å². The van der Waals surface area contributed by atoms with Gasteiger partial charge in [0.25, 0.3) is 5.08 Å². The van der Waals surface area contributed by atoms with Crippen LogP contribution < -0.4 is 5.73 Å². The molecule has 0 heterocycles. The third kappa shape index (κ3) is 3.17. The van der Waals surface area contributed by atoms with E-state index in [1.54, 1.807) is 0 Å². The molecule has 90 valence electrons. The molecule has 0 aliphatic carbocycles. The van der Waals surface area contributed by atoms with E-state index in [9.17, 15) is 14.2 Å². The highest BCUT2D eigenvalue weighted by Crippen LogP contribution is 2.68. The lowest BCUT2D eigenvalue weighted by molar-refractivity contribution is 0.136. The summed E-state index contributed by atoms with van der Waals surface area (Å²) in [5, 5.41) is 12.7. The van der Waals surface area contributed by atoms with E-state index in [1.807, 2.05) is 0 Å². The molecule has 0 radical (unpaired) electrons. The Kier molecular flexibility index (Phi) is 4.37. The zero-order valence-electron chi connectivity index (χ0n) is 7.44. The molecule has 0 atom stereocenters. The maximum atomic E-state index is 10.8. The van der Waals surface area contributed by atoms with Crippen LogP contribution in [0, 0.1) is 5.41 Å². The van der Waals surface area contributed by atoms with Crippen LogP contribution in [0.2, 0.25) is 0 Å². The third-order valence-electron chi connectivity index (χ3n) is 1.63. The Labute approximate surface area is 84.8 Å². The second kappa shape index (κ2) is 4.40. The Balaban J connectivity index is 5.35. The number of nitrogens with one attached hydrogen (secondary N) is 1. The minimum absolute atomic E-state index is 0.470. The van der Waals surface area contributed by atoms with E-state index < -0.39 is 39.0 Å². The summed E-state index contributed by atoms with van der Waals surface area (Å²) in [7, 11) is -11.0. The molecule has 0 saturated carbocycles. The lowest BCUT2D eigenvalue weighted by atomic mass is 10.3. The van der Waals surface area contributed by atoms with E-state index in [0.29, 0.717) is 0 Å². The van der Waals surface area contributed by atoms with E-state index in [0.717, 1.165) is 0 Å². The first kappa shape index (κ1) is 14.9. The molecule has 0 unspecified atom stereocenters. The van der Waals surface area contributed by atoms with Gasteiger partial charge in [-0.1, -0.05) is 0 Å². The maximum absolute atomic E-state index is 10.8. The number of hydrogen-bond acceptors (Lipinski definition) is 5. The molecule has 0 aromatic heterocycles. The fourth-order valence-electron chi connectivity index (χ4n) is 0.734. The number of rotatable bonds is 5. The van der Waals surface area contributed by atoms with Crippen LogP contribution in [-0.4, -0.2) is 42.0 Å². The highest BCUT2D eigenvalue weighted by Gasteiger charge is 2.59. The van der Waals surface area contributed by atoms with Crippen molar-refractivity contribution in [3.05, 3.63) is 0 Å². The zero-order chi connectivity index (χ0) is 12.5. The Hall–Kier alpha value is -0.110. The summed E-state index contributed by atoms with van der Waals surface area (Å²) in [6.07, 6.45) is -1.18. The van der Waals surface area contributed by atoms with Crippen LogP contribution in [0.4, 0.5) is 0 Å². The van der Waals surface area contributed by atoms with Crippen LogP contribution in [0.15, 0.2) is 0 Å². The first-order valence-corrected chi connectivity index (χ1v) is 6.78. The van der Waals surface area contributed by atoms with Gasteiger partial charge in [0.2, 0.25) is 0 Å². The Morgan fingerprint density at radius 1 is 1.20 bits per heavy atom. The van der Waals surface area contributed by atoms with Crippen molar-refractivity contribution < 1.29 is 33.8 Å². The minimum atomic E-state index is -5.48. The average Bonchev–Trinajstić information content (AvgIpc) is 1.99. The van der Waals surface area contributed by atoms with Crippen LogP contribution in [0.25, 0.3) is 0 Å². The summed E-state index contributed by atoms with van der Waals surface area (Å²) in [4.78, 5) is 34.6. The lowest BCUT2D eigenvalue weighted by Gasteiger charge is -2.29. The van der Waals surface area contributed by atoms with Crippen LogP contribution >= 0.6 is 15.2 Å². The van der Waals surface area contributed by atoms with Gasteiger partial charge in [-0.25, -0.2) is 0 Å². The van der Waals surface area contributed by atoms with Crippen molar-refractivity contribution in [3.63, 3.8) is 0 Å². The van der Waals surface area contributed by atoms with Gasteiger partial charge in [0.1, 0.15) is 0 Å². The number of hydrogen-bond donors (Lipinski definition) is 7. The summed E-state index contributed by atoms with van der Waals surface area (Å²) < 4.78 is 21.5.